The van der Waals surface area contributed by atoms with Crippen LogP contribution in [0.1, 0.15) is 60.0 Å². The minimum Gasteiger partial charge on any atom is -0.306 e. The van der Waals surface area contributed by atoms with E-state index in [9.17, 15) is 18.0 Å². The molecule has 2 aliphatic rings. The van der Waals surface area contributed by atoms with Gasteiger partial charge in [0.2, 0.25) is 0 Å². The number of hydrogen-bond acceptors (Lipinski definition) is 2. The standard InChI is InChI=1S/C28H26F3N3O/c1-17(2)18-9-14-22(15-10-18)32-27(35)34-26(20-7-12-21(13-8-20)28(29,30)31)24-16-11-19-5-3-4-6-23(19)25(24)33-34/h3-10,12-15,17,24,26H,11,16H2,1-2H3,(H,32,35)/t24-,26-/m0/s1. The number of nitrogens with zero attached hydrogens (tertiary/aromatic N) is 2. The lowest BCUT2D eigenvalue weighted by molar-refractivity contribution is -0.137. The Balaban J connectivity index is 1.49. The number of carbonyl (C=O) groups excluding carboxylic acids is 1. The van der Waals surface area contributed by atoms with Gasteiger partial charge in [0.05, 0.1) is 17.3 Å². The van der Waals surface area contributed by atoms with E-state index >= 15 is 0 Å². The molecule has 2 atom stereocenters. The van der Waals surface area contributed by atoms with E-state index in [1.807, 2.05) is 42.5 Å². The molecule has 2 amide bonds. The topological polar surface area (TPSA) is 44.7 Å². The van der Waals surface area contributed by atoms with E-state index in [2.05, 4.69) is 25.2 Å². The van der Waals surface area contributed by atoms with Crippen molar-refractivity contribution in [1.82, 2.24) is 5.01 Å². The first-order valence-electron chi connectivity index (χ1n) is 11.8. The Morgan fingerprint density at radius 2 is 1.69 bits per heavy atom. The van der Waals surface area contributed by atoms with Crippen molar-refractivity contribution >= 4 is 17.4 Å². The van der Waals surface area contributed by atoms with Gasteiger partial charge in [-0.2, -0.15) is 18.3 Å². The molecule has 35 heavy (non-hydrogen) atoms. The number of urea groups is 1. The highest BCUT2D eigenvalue weighted by atomic mass is 19.4. The van der Waals surface area contributed by atoms with E-state index in [1.165, 1.54) is 22.7 Å². The smallest absolute Gasteiger partial charge is 0.306 e. The molecule has 0 unspecified atom stereocenters. The fraction of sp³-hybridized carbons (Fsp3) is 0.286. The van der Waals surface area contributed by atoms with Gasteiger partial charge in [-0.15, -0.1) is 0 Å². The first-order chi connectivity index (χ1) is 16.7. The van der Waals surface area contributed by atoms with Crippen molar-refractivity contribution < 1.29 is 18.0 Å². The molecule has 0 aromatic heterocycles. The normalized spacial score (nSPS) is 19.3. The maximum atomic E-state index is 13.4. The number of amides is 2. The summed E-state index contributed by atoms with van der Waals surface area (Å²) in [7, 11) is 0. The summed E-state index contributed by atoms with van der Waals surface area (Å²) in [5.74, 6) is 0.271. The number of benzene rings is 3. The van der Waals surface area contributed by atoms with E-state index in [4.69, 9.17) is 5.10 Å². The molecule has 7 heteroatoms. The van der Waals surface area contributed by atoms with Crippen LogP contribution in [-0.4, -0.2) is 16.8 Å². The van der Waals surface area contributed by atoms with Crippen LogP contribution >= 0.6 is 0 Å². The average molecular weight is 478 g/mol. The Hall–Kier alpha value is -3.61. The molecule has 1 aliphatic carbocycles. The summed E-state index contributed by atoms with van der Waals surface area (Å²) >= 11 is 0. The van der Waals surface area contributed by atoms with E-state index < -0.39 is 23.8 Å². The van der Waals surface area contributed by atoms with Crippen LogP contribution in [0.3, 0.4) is 0 Å². The van der Waals surface area contributed by atoms with Crippen molar-refractivity contribution in [3.8, 4) is 0 Å². The Kier molecular flexibility index (Phi) is 5.87. The van der Waals surface area contributed by atoms with Crippen molar-refractivity contribution in [2.75, 3.05) is 5.32 Å². The van der Waals surface area contributed by atoms with Gasteiger partial charge in [0.25, 0.3) is 0 Å². The predicted octanol–water partition coefficient (Wildman–Crippen LogP) is 7.38. The van der Waals surface area contributed by atoms with Crippen LogP contribution in [0.15, 0.2) is 77.9 Å². The van der Waals surface area contributed by atoms with Crippen LogP contribution < -0.4 is 5.32 Å². The van der Waals surface area contributed by atoms with Crippen LogP contribution in [0.25, 0.3) is 0 Å². The predicted molar refractivity (Wildman–Crippen MR) is 130 cm³/mol. The molecule has 0 radical (unpaired) electrons. The zero-order valence-corrected chi connectivity index (χ0v) is 19.5. The molecule has 3 aromatic carbocycles. The molecule has 5 rings (SSSR count). The third-order valence-corrected chi connectivity index (χ3v) is 6.85. The number of hydrazone groups is 1. The summed E-state index contributed by atoms with van der Waals surface area (Å²) in [6, 6.07) is 19.8. The second-order valence-electron chi connectivity index (χ2n) is 9.40. The molecular formula is C28H26F3N3O. The number of anilines is 1. The van der Waals surface area contributed by atoms with Gasteiger partial charge in [-0.3, -0.25) is 0 Å². The lowest BCUT2D eigenvalue weighted by Crippen LogP contribution is -2.35. The molecule has 0 bridgehead atoms. The first-order valence-corrected chi connectivity index (χ1v) is 11.8. The van der Waals surface area contributed by atoms with Gasteiger partial charge in [0.1, 0.15) is 0 Å². The second kappa shape index (κ2) is 8.87. The zero-order chi connectivity index (χ0) is 24.7. The fourth-order valence-electron chi connectivity index (χ4n) is 4.97. The Morgan fingerprint density at radius 1 is 1.00 bits per heavy atom. The molecule has 0 fully saturated rings. The Morgan fingerprint density at radius 3 is 2.34 bits per heavy atom. The number of halogens is 3. The third-order valence-electron chi connectivity index (χ3n) is 6.85. The van der Waals surface area contributed by atoms with Crippen molar-refractivity contribution in [3.05, 3.63) is 101 Å². The maximum absolute atomic E-state index is 13.4. The highest BCUT2D eigenvalue weighted by molar-refractivity contribution is 6.07. The first kappa shape index (κ1) is 23.1. The summed E-state index contributed by atoms with van der Waals surface area (Å²) in [5, 5.41) is 9.06. The number of fused-ring (bicyclic) bond motifs is 3. The SMILES string of the molecule is CC(C)c1ccc(NC(=O)N2N=C3c4ccccc4CC[C@@H]3[C@@H]2c2ccc(C(F)(F)F)cc2)cc1. The second-order valence-corrected chi connectivity index (χ2v) is 9.40. The van der Waals surface area contributed by atoms with Crippen LogP contribution in [-0.2, 0) is 12.6 Å². The van der Waals surface area contributed by atoms with E-state index in [1.54, 1.807) is 0 Å². The molecule has 180 valence electrons. The number of nitrogens with one attached hydrogen (secondary N) is 1. The summed E-state index contributed by atoms with van der Waals surface area (Å²) in [6.45, 7) is 4.20. The molecule has 1 N–H and O–H groups in total. The van der Waals surface area contributed by atoms with Crippen LogP contribution in [0.4, 0.5) is 23.7 Å². The summed E-state index contributed by atoms with van der Waals surface area (Å²) < 4.78 is 39.5. The lowest BCUT2D eigenvalue weighted by atomic mass is 9.77. The summed E-state index contributed by atoms with van der Waals surface area (Å²) in [6.07, 6.45) is -2.84. The van der Waals surface area contributed by atoms with Gasteiger partial charge in [-0.25, -0.2) is 9.80 Å². The number of rotatable bonds is 3. The molecule has 0 saturated heterocycles. The fourth-order valence-corrected chi connectivity index (χ4v) is 4.97. The lowest BCUT2D eigenvalue weighted by Gasteiger charge is -2.29. The van der Waals surface area contributed by atoms with Gasteiger partial charge in [0, 0.05) is 17.2 Å². The van der Waals surface area contributed by atoms with Crippen molar-refractivity contribution in [3.63, 3.8) is 0 Å². The van der Waals surface area contributed by atoms with Crippen molar-refractivity contribution in [2.24, 2.45) is 11.0 Å². The van der Waals surface area contributed by atoms with Crippen LogP contribution in [0, 0.1) is 5.92 Å². The molecular weight excluding hydrogens is 451 g/mol. The number of alkyl halides is 3. The summed E-state index contributed by atoms with van der Waals surface area (Å²) in [5.41, 5.74) is 4.69. The molecule has 1 heterocycles. The zero-order valence-electron chi connectivity index (χ0n) is 19.5. The highest BCUT2D eigenvalue weighted by Gasteiger charge is 2.44. The van der Waals surface area contributed by atoms with Gasteiger partial charge >= 0.3 is 12.2 Å². The van der Waals surface area contributed by atoms with Gasteiger partial charge in [-0.1, -0.05) is 62.4 Å². The minimum atomic E-state index is -4.42. The maximum Gasteiger partial charge on any atom is 0.416 e. The number of carbonyl (C=O) groups is 1. The number of hydrogen-bond donors (Lipinski definition) is 1. The molecule has 0 saturated carbocycles. The average Bonchev–Trinajstić information content (AvgIpc) is 3.24. The highest BCUT2D eigenvalue weighted by Crippen LogP contribution is 2.44. The van der Waals surface area contributed by atoms with E-state index in [-0.39, 0.29) is 5.92 Å². The van der Waals surface area contributed by atoms with Gasteiger partial charge in [0.15, 0.2) is 0 Å². The molecule has 3 aromatic rings. The van der Waals surface area contributed by atoms with E-state index in [0.29, 0.717) is 17.2 Å². The Labute approximate surface area is 202 Å². The minimum absolute atomic E-state index is 0.101. The van der Waals surface area contributed by atoms with E-state index in [0.717, 1.165) is 41.8 Å². The number of aryl methyl sites for hydroxylation is 1. The molecule has 1 aliphatic heterocycles. The van der Waals surface area contributed by atoms with Crippen LogP contribution in [0.5, 0.6) is 0 Å². The third kappa shape index (κ3) is 4.43. The van der Waals surface area contributed by atoms with Gasteiger partial charge < -0.3 is 5.32 Å². The Bertz CT molecular complexity index is 1260. The summed E-state index contributed by atoms with van der Waals surface area (Å²) in [4.78, 5) is 13.4. The van der Waals surface area contributed by atoms with Gasteiger partial charge in [-0.05, 0) is 59.7 Å². The monoisotopic (exact) mass is 477 g/mol. The quantitative estimate of drug-likeness (QED) is 0.420. The van der Waals surface area contributed by atoms with Crippen molar-refractivity contribution in [1.29, 1.82) is 0 Å². The molecule has 4 nitrogen and oxygen atoms in total. The molecule has 0 spiro atoms. The van der Waals surface area contributed by atoms with Crippen molar-refractivity contribution in [2.45, 2.75) is 44.8 Å². The largest absolute Gasteiger partial charge is 0.416 e. The van der Waals surface area contributed by atoms with Crippen LogP contribution in [0.2, 0.25) is 0 Å².